The van der Waals surface area contributed by atoms with Gasteiger partial charge >= 0.3 is 0 Å². The van der Waals surface area contributed by atoms with Gasteiger partial charge < -0.3 is 15.1 Å². The van der Waals surface area contributed by atoms with Crippen molar-refractivity contribution in [2.24, 2.45) is 5.92 Å². The first-order valence-corrected chi connectivity index (χ1v) is 9.66. The summed E-state index contributed by atoms with van der Waals surface area (Å²) in [5.41, 5.74) is 0.779. The highest BCUT2D eigenvalue weighted by molar-refractivity contribution is 5.96. The third-order valence-corrected chi connectivity index (χ3v) is 5.42. The first-order valence-electron chi connectivity index (χ1n) is 9.66. The van der Waals surface area contributed by atoms with Crippen LogP contribution in [0.4, 0.5) is 11.4 Å². The number of rotatable bonds is 5. The van der Waals surface area contributed by atoms with E-state index in [1.54, 1.807) is 12.1 Å². The molecule has 2 amide bonds. The molecule has 0 bridgehead atoms. The average Bonchev–Trinajstić information content (AvgIpc) is 3.54. The van der Waals surface area contributed by atoms with Crippen molar-refractivity contribution in [1.82, 2.24) is 10.2 Å². The molecule has 1 aromatic carbocycles. The number of nitro benzene ring substituents is 1. The number of hydrogen-bond acceptors (Lipinski definition) is 5. The second-order valence-electron chi connectivity index (χ2n) is 7.65. The Hall–Kier alpha value is -2.64. The van der Waals surface area contributed by atoms with Crippen molar-refractivity contribution in [3.05, 3.63) is 33.9 Å². The van der Waals surface area contributed by atoms with Crippen LogP contribution >= 0.6 is 0 Å². The van der Waals surface area contributed by atoms with Crippen LogP contribution in [0.25, 0.3) is 0 Å². The number of nitrogens with one attached hydrogen (secondary N) is 1. The van der Waals surface area contributed by atoms with E-state index in [1.807, 2.05) is 9.80 Å². The molecule has 1 N–H and O–H groups in total. The second kappa shape index (κ2) is 7.17. The molecule has 1 aromatic rings. The highest BCUT2D eigenvalue weighted by Crippen LogP contribution is 2.33. The Morgan fingerprint density at radius 2 is 1.85 bits per heavy atom. The van der Waals surface area contributed by atoms with Gasteiger partial charge in [-0.3, -0.25) is 19.7 Å². The number of amides is 2. The molecule has 0 unspecified atom stereocenters. The Labute approximate surface area is 157 Å². The largest absolute Gasteiger partial charge is 0.364 e. The van der Waals surface area contributed by atoms with E-state index in [-0.39, 0.29) is 29.5 Å². The molecule has 3 fully saturated rings. The van der Waals surface area contributed by atoms with Gasteiger partial charge in [0.25, 0.3) is 11.6 Å². The van der Waals surface area contributed by atoms with Crippen molar-refractivity contribution < 1.29 is 14.5 Å². The van der Waals surface area contributed by atoms with E-state index in [4.69, 9.17) is 0 Å². The van der Waals surface area contributed by atoms with Crippen LogP contribution in [0, 0.1) is 16.0 Å². The summed E-state index contributed by atoms with van der Waals surface area (Å²) in [5, 5.41) is 14.5. The van der Waals surface area contributed by atoms with Crippen LogP contribution < -0.4 is 10.2 Å². The topological polar surface area (TPSA) is 95.8 Å². The predicted octanol–water partition coefficient (Wildman–Crippen LogP) is 1.94. The Morgan fingerprint density at radius 3 is 2.52 bits per heavy atom. The molecule has 144 valence electrons. The molecular formula is C19H24N4O4. The van der Waals surface area contributed by atoms with Gasteiger partial charge in [-0.2, -0.15) is 0 Å². The first kappa shape index (κ1) is 17.8. The number of anilines is 1. The van der Waals surface area contributed by atoms with Crippen LogP contribution in [0.3, 0.4) is 0 Å². The molecule has 1 saturated heterocycles. The zero-order valence-corrected chi connectivity index (χ0v) is 15.2. The number of hydrogen-bond donors (Lipinski definition) is 1. The summed E-state index contributed by atoms with van der Waals surface area (Å²) in [5.74, 6) is 0.151. The number of nitro groups is 1. The quantitative estimate of drug-likeness (QED) is 0.629. The van der Waals surface area contributed by atoms with Crippen LogP contribution in [-0.4, -0.2) is 53.9 Å². The van der Waals surface area contributed by atoms with E-state index in [9.17, 15) is 19.7 Å². The summed E-state index contributed by atoms with van der Waals surface area (Å²) in [6, 6.07) is 4.89. The Balaban J connectivity index is 1.50. The van der Waals surface area contributed by atoms with Gasteiger partial charge in [0.05, 0.1) is 4.92 Å². The molecule has 0 atom stereocenters. The summed E-state index contributed by atoms with van der Waals surface area (Å²) in [4.78, 5) is 39.5. The van der Waals surface area contributed by atoms with Crippen molar-refractivity contribution in [2.75, 3.05) is 31.1 Å². The fourth-order valence-corrected chi connectivity index (χ4v) is 3.54. The van der Waals surface area contributed by atoms with Gasteiger partial charge in [-0.15, -0.1) is 0 Å². The Morgan fingerprint density at radius 1 is 1.07 bits per heavy atom. The fourth-order valence-electron chi connectivity index (χ4n) is 3.54. The lowest BCUT2D eigenvalue weighted by Crippen LogP contribution is -2.36. The average molecular weight is 372 g/mol. The molecule has 2 saturated carbocycles. The minimum Gasteiger partial charge on any atom is -0.364 e. The van der Waals surface area contributed by atoms with E-state index in [1.165, 1.54) is 6.07 Å². The minimum absolute atomic E-state index is 0.0552. The van der Waals surface area contributed by atoms with Gasteiger partial charge in [0, 0.05) is 49.8 Å². The standard InChI is InChI=1S/C19H24N4O4/c24-18(20-15-5-6-15)14-4-7-16(17(12-14)23(26)27)21-8-1-9-22(11-10-21)19(25)13-2-3-13/h4,7,12-13,15H,1-3,5-6,8-11H2,(H,20,24). The molecule has 2 aliphatic carbocycles. The lowest BCUT2D eigenvalue weighted by molar-refractivity contribution is -0.384. The molecule has 4 rings (SSSR count). The number of carbonyl (C=O) groups excluding carboxylic acids is 2. The maximum Gasteiger partial charge on any atom is 0.293 e. The summed E-state index contributed by atoms with van der Waals surface area (Å²) in [7, 11) is 0. The molecule has 8 nitrogen and oxygen atoms in total. The van der Waals surface area contributed by atoms with E-state index in [0.717, 1.165) is 32.1 Å². The molecule has 0 radical (unpaired) electrons. The van der Waals surface area contributed by atoms with Crippen molar-refractivity contribution in [1.29, 1.82) is 0 Å². The summed E-state index contributed by atoms with van der Waals surface area (Å²) in [6.07, 6.45) is 4.68. The van der Waals surface area contributed by atoms with Crippen molar-refractivity contribution >= 4 is 23.2 Å². The number of carbonyl (C=O) groups is 2. The third kappa shape index (κ3) is 4.04. The lowest BCUT2D eigenvalue weighted by atomic mass is 10.1. The fraction of sp³-hybridized carbons (Fsp3) is 0.579. The summed E-state index contributed by atoms with van der Waals surface area (Å²) < 4.78 is 0. The van der Waals surface area contributed by atoms with E-state index in [0.29, 0.717) is 37.4 Å². The Kier molecular flexibility index (Phi) is 4.72. The smallest absolute Gasteiger partial charge is 0.293 e. The monoisotopic (exact) mass is 372 g/mol. The lowest BCUT2D eigenvalue weighted by Gasteiger charge is -2.23. The van der Waals surface area contributed by atoms with Crippen molar-refractivity contribution in [3.63, 3.8) is 0 Å². The van der Waals surface area contributed by atoms with E-state index < -0.39 is 4.92 Å². The zero-order chi connectivity index (χ0) is 19.0. The van der Waals surface area contributed by atoms with E-state index >= 15 is 0 Å². The molecular weight excluding hydrogens is 348 g/mol. The molecule has 1 heterocycles. The summed E-state index contributed by atoms with van der Waals surface area (Å²) in [6.45, 7) is 2.49. The Bertz CT molecular complexity index is 773. The minimum atomic E-state index is -0.429. The molecule has 1 aliphatic heterocycles. The molecule has 8 heteroatoms. The number of benzene rings is 1. The molecule has 3 aliphatic rings. The van der Waals surface area contributed by atoms with Crippen LogP contribution in [0.15, 0.2) is 18.2 Å². The van der Waals surface area contributed by atoms with Crippen molar-refractivity contribution in [3.8, 4) is 0 Å². The van der Waals surface area contributed by atoms with Crippen LogP contribution in [0.2, 0.25) is 0 Å². The van der Waals surface area contributed by atoms with E-state index in [2.05, 4.69) is 5.32 Å². The van der Waals surface area contributed by atoms with Gasteiger partial charge in [-0.1, -0.05) is 0 Å². The van der Waals surface area contributed by atoms with Crippen molar-refractivity contribution in [2.45, 2.75) is 38.1 Å². The van der Waals surface area contributed by atoms with Gasteiger partial charge in [0.15, 0.2) is 0 Å². The first-order chi connectivity index (χ1) is 13.0. The normalized spacial score (nSPS) is 20.1. The molecule has 27 heavy (non-hydrogen) atoms. The van der Waals surface area contributed by atoms with Gasteiger partial charge in [0.2, 0.25) is 5.91 Å². The van der Waals surface area contributed by atoms with Crippen LogP contribution in [0.1, 0.15) is 42.5 Å². The van der Waals surface area contributed by atoms with Crippen LogP contribution in [-0.2, 0) is 4.79 Å². The molecule has 0 aromatic heterocycles. The predicted molar refractivity (Wildman–Crippen MR) is 99.7 cm³/mol. The zero-order valence-electron chi connectivity index (χ0n) is 15.2. The SMILES string of the molecule is O=C(NC1CC1)c1ccc(N2CCCN(C(=O)C3CC3)CC2)c([N+](=O)[O-])c1. The van der Waals surface area contributed by atoms with Gasteiger partial charge in [-0.25, -0.2) is 0 Å². The highest BCUT2D eigenvalue weighted by atomic mass is 16.6. The molecule has 0 spiro atoms. The van der Waals surface area contributed by atoms with Crippen LogP contribution in [0.5, 0.6) is 0 Å². The maximum atomic E-state index is 12.3. The third-order valence-electron chi connectivity index (χ3n) is 5.42. The van der Waals surface area contributed by atoms with Gasteiger partial charge in [-0.05, 0) is 44.2 Å². The number of nitrogens with zero attached hydrogens (tertiary/aromatic N) is 3. The summed E-state index contributed by atoms with van der Waals surface area (Å²) >= 11 is 0. The second-order valence-corrected chi connectivity index (χ2v) is 7.65. The maximum absolute atomic E-state index is 12.3. The van der Waals surface area contributed by atoms with Gasteiger partial charge in [0.1, 0.15) is 5.69 Å². The highest BCUT2D eigenvalue weighted by Gasteiger charge is 2.34.